The molecule has 35 nitrogen and oxygen atoms in total. The fraction of sp³-hybridized carbons (Fsp3) is 0.316. The van der Waals surface area contributed by atoms with Crippen LogP contribution in [0.2, 0.25) is 0 Å². The van der Waals surface area contributed by atoms with Crippen molar-refractivity contribution in [2.24, 2.45) is 5.92 Å². The third kappa shape index (κ3) is 16.5. The molecular formula is C79H75F6N29O6. The summed E-state index contributed by atoms with van der Waals surface area (Å²) in [6.45, 7) is 6.74. The van der Waals surface area contributed by atoms with Gasteiger partial charge in [-0.1, -0.05) is 0 Å². The molecule has 20 rings (SSSR count). The molecule has 5 saturated heterocycles. The predicted molar refractivity (Wildman–Crippen MR) is 430 cm³/mol. The summed E-state index contributed by atoms with van der Waals surface area (Å²) in [6.07, 6.45) is 17.9. The molecule has 614 valence electrons. The molecule has 41 heteroatoms. The number of H-pyrrole nitrogens is 1. The van der Waals surface area contributed by atoms with Gasteiger partial charge < -0.3 is 29.6 Å². The van der Waals surface area contributed by atoms with Crippen molar-refractivity contribution in [1.82, 2.24) is 80.0 Å². The first-order valence-electron chi connectivity index (χ1n) is 38.7. The van der Waals surface area contributed by atoms with Gasteiger partial charge in [0.25, 0.3) is 0 Å². The number of fused-ring (bicyclic) bond motifs is 16. The minimum absolute atomic E-state index is 0.0102. The van der Waals surface area contributed by atoms with Gasteiger partial charge in [-0.15, -0.1) is 0 Å². The fourth-order valence-electron chi connectivity index (χ4n) is 16.4. The Morgan fingerprint density at radius 2 is 0.850 bits per heavy atom. The summed E-state index contributed by atoms with van der Waals surface area (Å²) >= 11 is 0. The number of aromatic nitrogens is 16. The maximum Gasteiger partial charge on any atom is 0.433 e. The lowest BCUT2D eigenvalue weighted by Gasteiger charge is -2.46. The number of rotatable bonds is 9. The molecule has 11 aromatic rings. The molecule has 5 atom stereocenters. The molecule has 0 aromatic carbocycles. The maximum absolute atomic E-state index is 13.3. The quantitative estimate of drug-likeness (QED) is 0.0731. The SMILES string of the molecule is O=C(Nc1cnccn1)N1c2nc(-c3ccn[nH]3)ccc2N2CC[C@H]1C2.O=C(Nc1cnccn1)N1c2nc(-c3ccnc(C(F)(F)F)c3)ccc2N2CCC[C@H]1C2.O=C(Nc1ncccn1)N1c2nc(N3CCC[C@H](C(F)(F)F)C3)ccc2N2CCC[C@H]1C2.O=C(O)c1cc(-c2ccc3c(n2)N(C(=O)Nc2cnccn2)[C@H]2CCN3C2)ccn1. The Labute approximate surface area is 679 Å². The number of pyridine rings is 6. The summed E-state index contributed by atoms with van der Waals surface area (Å²) in [4.78, 5) is 139. The van der Waals surface area contributed by atoms with Gasteiger partial charge in [-0.3, -0.25) is 65.9 Å². The van der Waals surface area contributed by atoms with Gasteiger partial charge in [-0.2, -0.15) is 31.4 Å². The lowest BCUT2D eigenvalue weighted by Crippen LogP contribution is -2.56. The zero-order valence-corrected chi connectivity index (χ0v) is 63.8. The molecule has 0 unspecified atom stereocenters. The van der Waals surface area contributed by atoms with Gasteiger partial charge in [0.05, 0.1) is 94.2 Å². The molecule has 9 aliphatic rings. The van der Waals surface area contributed by atoms with Crippen LogP contribution in [0.3, 0.4) is 0 Å². The maximum atomic E-state index is 13.3. The van der Waals surface area contributed by atoms with Gasteiger partial charge in [-0.25, -0.2) is 73.8 Å². The lowest BCUT2D eigenvalue weighted by atomic mass is 9.97. The average molecular weight is 1640 g/mol. The first kappa shape index (κ1) is 78.1. The zero-order chi connectivity index (χ0) is 82.8. The molecule has 8 bridgehead atoms. The van der Waals surface area contributed by atoms with E-state index in [-0.39, 0.29) is 72.4 Å². The average Bonchev–Trinajstić information content (AvgIpc) is 0.898. The van der Waals surface area contributed by atoms with E-state index in [1.165, 1.54) is 61.7 Å². The number of carbonyl (C=O) groups excluding carboxylic acids is 4. The van der Waals surface area contributed by atoms with E-state index in [1.54, 1.807) is 85.8 Å². The highest BCUT2D eigenvalue weighted by molar-refractivity contribution is 6.07. The number of anilines is 13. The van der Waals surface area contributed by atoms with Crippen LogP contribution in [0.5, 0.6) is 0 Å². The highest BCUT2D eigenvalue weighted by atomic mass is 19.4. The summed E-state index contributed by atoms with van der Waals surface area (Å²) in [5.41, 5.74) is 5.72. The molecule has 0 radical (unpaired) electrons. The van der Waals surface area contributed by atoms with E-state index in [2.05, 4.69) is 106 Å². The Kier molecular flexibility index (Phi) is 21.7. The Morgan fingerprint density at radius 1 is 0.408 bits per heavy atom. The Morgan fingerprint density at radius 3 is 1.32 bits per heavy atom. The van der Waals surface area contributed by atoms with Crippen LogP contribution in [0, 0.1) is 5.92 Å². The number of halogens is 6. The molecule has 0 spiro atoms. The van der Waals surface area contributed by atoms with Crippen molar-refractivity contribution in [3.05, 3.63) is 183 Å². The molecule has 120 heavy (non-hydrogen) atoms. The Hall–Kier alpha value is -14.4. The van der Waals surface area contributed by atoms with Crippen molar-refractivity contribution in [1.29, 1.82) is 0 Å². The first-order valence-corrected chi connectivity index (χ1v) is 38.7. The number of carbonyl (C=O) groups is 5. The number of carboxylic acid groups (broad SMARTS) is 1. The second kappa shape index (κ2) is 33.3. The summed E-state index contributed by atoms with van der Waals surface area (Å²) < 4.78 is 79.3. The molecule has 9 aliphatic heterocycles. The van der Waals surface area contributed by atoms with Crippen LogP contribution in [0.15, 0.2) is 172 Å². The third-order valence-corrected chi connectivity index (χ3v) is 21.9. The number of piperidine rings is 3. The second-order valence-electron chi connectivity index (χ2n) is 29.4. The first-order chi connectivity index (χ1) is 58.2. The van der Waals surface area contributed by atoms with Crippen molar-refractivity contribution < 1.29 is 55.4 Å². The van der Waals surface area contributed by atoms with Gasteiger partial charge in [0.1, 0.15) is 17.2 Å². The Balaban J connectivity index is 0.000000114. The number of nitrogens with one attached hydrogen (secondary N) is 5. The van der Waals surface area contributed by atoms with Crippen molar-refractivity contribution in [2.75, 3.05) is 131 Å². The third-order valence-electron chi connectivity index (χ3n) is 21.9. The summed E-state index contributed by atoms with van der Waals surface area (Å²) in [7, 11) is 0. The summed E-state index contributed by atoms with van der Waals surface area (Å²) in [5.74, 6) is 1.35. The number of urea groups is 4. The van der Waals surface area contributed by atoms with Gasteiger partial charge in [0, 0.05) is 145 Å². The van der Waals surface area contributed by atoms with Gasteiger partial charge in [0.15, 0.2) is 40.7 Å². The van der Waals surface area contributed by atoms with Crippen LogP contribution < -0.4 is 65.4 Å². The highest BCUT2D eigenvalue weighted by Gasteiger charge is 2.46. The molecule has 20 heterocycles. The van der Waals surface area contributed by atoms with Crippen molar-refractivity contribution >= 4 is 105 Å². The standard InChI is InChI=1S/C21H24F3N7O.C21H18F3N7O.C20H17N7O3.C17H16N8O/c22-21(23,24)14-4-1-11-30(12-14)17-7-6-16-18(27-17)31(15-5-2-10-29(16)13-15)20(32)28-19-25-8-3-9-26-19;22-21(23,24)17-10-13(5-6-26-17)15-3-4-16-19(28-15)31(14-2-1-9-30(16)12-14)20(32)29-18-11-25-7-8-27-18;28-19(29)15-9-12(3-5-22-15)14-1-2-16-18(24-14)27(13-4-8-26(16)11-13)20(30)25-17-10-21-6-7-23-17;26-17(22-15-9-18-6-7-19-15)25-11-4-8-24(10-11)14-2-1-12(21-16(14)25)13-3-5-20-23-13/h3,6-9,14-15H,1-2,4-5,10-13H2,(H,25,26,28,32);3-8,10-11,14H,1-2,9,12H2,(H,27,29,32);1-3,5-7,9-10,13H,4,8,11H2,(H,28,29)(H,23,25,30);1-3,5-7,9,11H,4,8,10H2,(H,20,23)(H,19,22,26)/t14-,15-;14-;13-;11-/m0000/s1. The number of amides is 8. The van der Waals surface area contributed by atoms with Gasteiger partial charge in [-0.05, 0) is 136 Å². The number of carboxylic acids is 1. The van der Waals surface area contributed by atoms with Crippen LogP contribution >= 0.6 is 0 Å². The molecule has 8 amide bonds. The monoisotopic (exact) mass is 1640 g/mol. The van der Waals surface area contributed by atoms with Gasteiger partial charge >= 0.3 is 42.4 Å². The summed E-state index contributed by atoms with van der Waals surface area (Å²) in [5, 5.41) is 27.2. The molecular weight excluding hydrogens is 1570 g/mol. The van der Waals surface area contributed by atoms with Crippen LogP contribution in [0.1, 0.15) is 67.5 Å². The number of alkyl halides is 6. The number of nitrogens with zero attached hydrogens (tertiary/aromatic N) is 24. The van der Waals surface area contributed by atoms with E-state index in [4.69, 9.17) is 15.0 Å². The lowest BCUT2D eigenvalue weighted by molar-refractivity contribution is -0.176. The van der Waals surface area contributed by atoms with Crippen molar-refractivity contribution in [3.8, 4) is 33.9 Å². The van der Waals surface area contributed by atoms with Crippen LogP contribution in [-0.4, -0.2) is 211 Å². The van der Waals surface area contributed by atoms with Gasteiger partial charge in [0.2, 0.25) is 5.95 Å². The van der Waals surface area contributed by atoms with Crippen molar-refractivity contribution in [2.45, 2.75) is 87.9 Å². The van der Waals surface area contributed by atoms with Crippen LogP contribution in [-0.2, 0) is 6.18 Å². The van der Waals surface area contributed by atoms with Crippen LogP contribution in [0.4, 0.5) is 121 Å². The van der Waals surface area contributed by atoms with E-state index in [9.17, 15) is 55.4 Å². The molecule has 0 aliphatic carbocycles. The zero-order valence-electron chi connectivity index (χ0n) is 63.8. The fourth-order valence-corrected chi connectivity index (χ4v) is 16.4. The number of hydrogen-bond acceptors (Lipinski definition) is 25. The Bertz CT molecular complexity index is 5590. The van der Waals surface area contributed by atoms with E-state index in [1.807, 2.05) is 36.4 Å². The van der Waals surface area contributed by atoms with E-state index >= 15 is 0 Å². The normalized spacial score (nSPS) is 18.9. The minimum atomic E-state index is -4.56. The molecule has 5 fully saturated rings. The van der Waals surface area contributed by atoms with Crippen LogP contribution in [0.25, 0.3) is 33.9 Å². The number of aromatic amines is 1. The van der Waals surface area contributed by atoms with Crippen molar-refractivity contribution in [3.63, 3.8) is 0 Å². The van der Waals surface area contributed by atoms with E-state index in [0.29, 0.717) is 89.5 Å². The topological polar surface area (TPSA) is 392 Å². The second-order valence-corrected chi connectivity index (χ2v) is 29.4. The highest BCUT2D eigenvalue weighted by Crippen LogP contribution is 2.46. The number of aromatic carboxylic acids is 1. The smallest absolute Gasteiger partial charge is 0.433 e. The summed E-state index contributed by atoms with van der Waals surface area (Å²) in [6, 6.07) is 22.5. The molecule has 6 N–H and O–H groups in total. The van der Waals surface area contributed by atoms with E-state index < -0.39 is 36.0 Å². The predicted octanol–water partition coefficient (Wildman–Crippen LogP) is 11.8. The minimum Gasteiger partial charge on any atom is -0.477 e. The largest absolute Gasteiger partial charge is 0.477 e. The number of hydrogen-bond donors (Lipinski definition) is 6. The molecule has 0 saturated carbocycles. The van der Waals surface area contributed by atoms with E-state index in [0.717, 1.165) is 124 Å². The molecule has 11 aromatic heterocycles.